The molecule has 0 aromatic carbocycles. The minimum absolute atomic E-state index is 0.0569. The van der Waals surface area contributed by atoms with Crippen LogP contribution >= 0.6 is 0 Å². The van der Waals surface area contributed by atoms with Crippen molar-refractivity contribution in [2.75, 3.05) is 20.7 Å². The number of likely N-dealkylation sites (N-methyl/N-ethyl adjacent to an activating group) is 1. The molecule has 0 radical (unpaired) electrons. The lowest BCUT2D eigenvalue weighted by Gasteiger charge is -2.12. The van der Waals surface area contributed by atoms with Crippen molar-refractivity contribution in [2.45, 2.75) is 13.0 Å². The van der Waals surface area contributed by atoms with Crippen molar-refractivity contribution in [2.24, 2.45) is 0 Å². The maximum Gasteiger partial charge on any atom is 0.235 e. The summed E-state index contributed by atoms with van der Waals surface area (Å²) in [6, 6.07) is 0. The molecular weight excluding hydrogens is 182 g/mol. The second kappa shape index (κ2) is 5.39. The van der Waals surface area contributed by atoms with Gasteiger partial charge in [0, 0.05) is 6.54 Å². The highest BCUT2D eigenvalue weighted by Gasteiger charge is 2.04. The number of ether oxygens (including phenoxy) is 2. The van der Waals surface area contributed by atoms with Gasteiger partial charge in [0.15, 0.2) is 0 Å². The first-order chi connectivity index (χ1) is 6.76. The third-order valence-corrected chi connectivity index (χ3v) is 1.61. The maximum absolute atomic E-state index is 5.48. The van der Waals surface area contributed by atoms with E-state index in [1.165, 1.54) is 6.20 Å². The molecule has 0 aliphatic heterocycles. The summed E-state index contributed by atoms with van der Waals surface area (Å²) in [4.78, 5) is 8.01. The normalized spacial score (nSPS) is 12.2. The van der Waals surface area contributed by atoms with E-state index in [0.29, 0.717) is 11.8 Å². The smallest absolute Gasteiger partial charge is 0.235 e. The van der Waals surface area contributed by atoms with Crippen LogP contribution in [0.5, 0.6) is 11.8 Å². The predicted octanol–water partition coefficient (Wildman–Crippen LogP) is 0.472. The van der Waals surface area contributed by atoms with Crippen LogP contribution in [0.15, 0.2) is 12.4 Å². The van der Waals surface area contributed by atoms with Crippen molar-refractivity contribution in [1.29, 1.82) is 0 Å². The van der Waals surface area contributed by atoms with E-state index in [1.54, 1.807) is 13.3 Å². The van der Waals surface area contributed by atoms with E-state index in [1.807, 2.05) is 14.0 Å². The molecule has 0 aliphatic rings. The molecule has 1 heterocycles. The molecule has 1 rings (SSSR count). The van der Waals surface area contributed by atoms with Crippen molar-refractivity contribution < 1.29 is 9.47 Å². The van der Waals surface area contributed by atoms with Gasteiger partial charge >= 0.3 is 0 Å². The van der Waals surface area contributed by atoms with Crippen LogP contribution in [0.3, 0.4) is 0 Å². The largest absolute Gasteiger partial charge is 0.480 e. The van der Waals surface area contributed by atoms with Crippen molar-refractivity contribution in [3.05, 3.63) is 12.4 Å². The zero-order valence-corrected chi connectivity index (χ0v) is 8.65. The Morgan fingerprint density at radius 3 is 2.79 bits per heavy atom. The van der Waals surface area contributed by atoms with Gasteiger partial charge in [-0.15, -0.1) is 0 Å². The molecule has 0 saturated carbocycles. The van der Waals surface area contributed by atoms with E-state index in [-0.39, 0.29) is 6.10 Å². The lowest BCUT2D eigenvalue weighted by atomic mass is 10.4. The van der Waals surface area contributed by atoms with Crippen LogP contribution in [0.2, 0.25) is 0 Å². The molecule has 1 atom stereocenters. The Bertz CT molecular complexity index is 281. The number of nitrogens with one attached hydrogen (secondary N) is 1. The molecule has 5 nitrogen and oxygen atoms in total. The van der Waals surface area contributed by atoms with Gasteiger partial charge in [-0.2, -0.15) is 4.98 Å². The molecule has 14 heavy (non-hydrogen) atoms. The minimum Gasteiger partial charge on any atom is -0.480 e. The number of aromatic nitrogens is 2. The van der Waals surface area contributed by atoms with E-state index >= 15 is 0 Å². The van der Waals surface area contributed by atoms with Crippen LogP contribution in [-0.2, 0) is 0 Å². The number of hydrogen-bond donors (Lipinski definition) is 1. The third kappa shape index (κ3) is 3.18. The molecule has 0 saturated heterocycles. The van der Waals surface area contributed by atoms with Gasteiger partial charge in [0.25, 0.3) is 0 Å². The Hall–Kier alpha value is -1.36. The van der Waals surface area contributed by atoms with Gasteiger partial charge in [0.05, 0.1) is 19.5 Å². The van der Waals surface area contributed by atoms with E-state index < -0.39 is 0 Å². The maximum atomic E-state index is 5.48. The lowest BCUT2D eigenvalue weighted by molar-refractivity contribution is 0.208. The Balaban J connectivity index is 2.57. The van der Waals surface area contributed by atoms with Gasteiger partial charge in [-0.1, -0.05) is 0 Å². The zero-order valence-electron chi connectivity index (χ0n) is 8.65. The van der Waals surface area contributed by atoms with Crippen LogP contribution in [0.4, 0.5) is 0 Å². The van der Waals surface area contributed by atoms with Crippen LogP contribution < -0.4 is 14.8 Å². The van der Waals surface area contributed by atoms with Crippen molar-refractivity contribution in [3.63, 3.8) is 0 Å². The summed E-state index contributed by atoms with van der Waals surface area (Å²) in [7, 11) is 3.42. The van der Waals surface area contributed by atoms with Gasteiger partial charge in [-0.05, 0) is 14.0 Å². The van der Waals surface area contributed by atoms with Crippen LogP contribution in [0.1, 0.15) is 6.92 Å². The fourth-order valence-electron chi connectivity index (χ4n) is 1.02. The fourth-order valence-corrected chi connectivity index (χ4v) is 1.02. The van der Waals surface area contributed by atoms with Crippen LogP contribution in [-0.4, -0.2) is 36.8 Å². The molecule has 0 aliphatic carbocycles. The number of nitrogens with zero attached hydrogens (tertiary/aromatic N) is 2. The Kier molecular flexibility index (Phi) is 4.12. The summed E-state index contributed by atoms with van der Waals surface area (Å²) in [5, 5.41) is 3.01. The van der Waals surface area contributed by atoms with Crippen LogP contribution in [0.25, 0.3) is 0 Å². The molecule has 0 fully saturated rings. The van der Waals surface area contributed by atoms with Gasteiger partial charge in [-0.3, -0.25) is 4.98 Å². The molecule has 1 N–H and O–H groups in total. The second-order valence-electron chi connectivity index (χ2n) is 2.89. The molecule has 1 unspecified atom stereocenters. The van der Waals surface area contributed by atoms with E-state index in [0.717, 1.165) is 6.54 Å². The summed E-state index contributed by atoms with van der Waals surface area (Å²) < 4.78 is 10.4. The molecule has 0 bridgehead atoms. The van der Waals surface area contributed by atoms with E-state index in [4.69, 9.17) is 9.47 Å². The first-order valence-corrected chi connectivity index (χ1v) is 4.43. The van der Waals surface area contributed by atoms with Crippen molar-refractivity contribution in [3.8, 4) is 11.8 Å². The highest BCUT2D eigenvalue weighted by Crippen LogP contribution is 2.11. The van der Waals surface area contributed by atoms with Gasteiger partial charge in [-0.25, -0.2) is 0 Å². The molecular formula is C9H15N3O2. The topological polar surface area (TPSA) is 56.3 Å². The van der Waals surface area contributed by atoms with E-state index in [9.17, 15) is 0 Å². The number of hydrogen-bond acceptors (Lipinski definition) is 5. The standard InChI is InChI=1S/C9H15N3O2/c1-7(4-10-2)14-9-6-11-5-8(12-9)13-3/h5-7,10H,4H2,1-3H3. The molecule has 0 amide bonds. The predicted molar refractivity (Wildman–Crippen MR) is 52.6 cm³/mol. The summed E-state index contributed by atoms with van der Waals surface area (Å²) in [6.07, 6.45) is 3.16. The average molecular weight is 197 g/mol. The van der Waals surface area contributed by atoms with Crippen molar-refractivity contribution >= 4 is 0 Å². The third-order valence-electron chi connectivity index (χ3n) is 1.61. The van der Waals surface area contributed by atoms with Crippen LogP contribution in [0, 0.1) is 0 Å². The summed E-state index contributed by atoms with van der Waals surface area (Å²) >= 11 is 0. The summed E-state index contributed by atoms with van der Waals surface area (Å²) in [6.45, 7) is 2.72. The highest BCUT2D eigenvalue weighted by molar-refractivity contribution is 5.12. The SMILES string of the molecule is CNCC(C)Oc1cncc(OC)n1. The Morgan fingerprint density at radius 2 is 2.14 bits per heavy atom. The summed E-state index contributed by atoms with van der Waals surface area (Å²) in [5.41, 5.74) is 0. The highest BCUT2D eigenvalue weighted by atomic mass is 16.5. The van der Waals surface area contributed by atoms with E-state index in [2.05, 4.69) is 15.3 Å². The second-order valence-corrected chi connectivity index (χ2v) is 2.89. The molecule has 1 aromatic heterocycles. The summed E-state index contributed by atoms with van der Waals surface area (Å²) in [5.74, 6) is 0.936. The number of methoxy groups -OCH3 is 1. The van der Waals surface area contributed by atoms with Crippen molar-refractivity contribution in [1.82, 2.24) is 15.3 Å². The molecule has 1 aromatic rings. The molecule has 0 spiro atoms. The average Bonchev–Trinajstić information content (AvgIpc) is 2.18. The number of rotatable bonds is 5. The first kappa shape index (κ1) is 10.7. The zero-order chi connectivity index (χ0) is 10.4. The van der Waals surface area contributed by atoms with Gasteiger partial charge < -0.3 is 14.8 Å². The monoisotopic (exact) mass is 197 g/mol. The fraction of sp³-hybridized carbons (Fsp3) is 0.556. The van der Waals surface area contributed by atoms with Gasteiger partial charge in [0.2, 0.25) is 11.8 Å². The quantitative estimate of drug-likeness (QED) is 0.743. The first-order valence-electron chi connectivity index (χ1n) is 4.43. The molecule has 5 heteroatoms. The lowest BCUT2D eigenvalue weighted by Crippen LogP contribution is -2.26. The molecule has 78 valence electrons. The van der Waals surface area contributed by atoms with Gasteiger partial charge in [0.1, 0.15) is 6.10 Å². The Morgan fingerprint density at radius 1 is 1.43 bits per heavy atom. The Labute approximate surface area is 83.5 Å². The minimum atomic E-state index is 0.0569.